The van der Waals surface area contributed by atoms with E-state index in [2.05, 4.69) is 225 Å². The first kappa shape index (κ1) is 106. The van der Waals surface area contributed by atoms with Crippen LogP contribution in [-0.2, 0) is 94.6 Å². The van der Waals surface area contributed by atoms with E-state index >= 15 is 0 Å². The number of alkyl halides is 2. The van der Waals surface area contributed by atoms with Gasteiger partial charge in [-0.15, -0.1) is 0 Å². The topological polar surface area (TPSA) is 313 Å². The van der Waals surface area contributed by atoms with Crippen LogP contribution in [-0.4, -0.2) is 175 Å². The Bertz CT molecular complexity index is 4000. The molecule has 2 radical (unpaired) electrons. The van der Waals surface area contributed by atoms with Crippen LogP contribution in [0.1, 0.15) is 198 Å². The SMILES string of the molecule is CC#CC(=O)CBr.CCCCN.CCCn1nc(C)c(Br)c1CN(C)C(=O)OC(C)(C)C.CCCn1nc(C)c(Br)c1CNC.CCCn1nc(C)cc1CBr.CCCn1nc(C)cc1CNC.CN.C[B]OOCB=O.Cc1nn(CCO)c2c1-c1cnc3c(c1)C(=CC3)[C@H](C)c1cc(F)ccc1C(=O)N(C)C2.[B]=NS. The number of aromatic nitrogens is 11. The van der Waals surface area contributed by atoms with Gasteiger partial charge in [0.15, 0.2) is 0 Å². The summed E-state index contributed by atoms with van der Waals surface area (Å²) in [6, 6.07) is 10.8. The van der Waals surface area contributed by atoms with Gasteiger partial charge in [0.2, 0.25) is 5.78 Å². The third-order valence-corrected chi connectivity index (χ3v) is 18.9. The molecule has 1 aliphatic carbocycles. The number of hydrogen-bond acceptors (Lipinski definition) is 20. The van der Waals surface area contributed by atoms with E-state index in [1.165, 1.54) is 56.6 Å². The van der Waals surface area contributed by atoms with Gasteiger partial charge in [-0.1, -0.05) is 91.8 Å². The monoisotopic (exact) mass is 1830 g/mol. The van der Waals surface area contributed by atoms with Gasteiger partial charge in [-0.25, -0.2) is 9.18 Å². The number of ketones is 1. The summed E-state index contributed by atoms with van der Waals surface area (Å²) in [5.74, 6) is 4.09. The molecule has 0 spiro atoms. The van der Waals surface area contributed by atoms with Crippen molar-refractivity contribution in [2.75, 3.05) is 60.2 Å². The fourth-order valence-corrected chi connectivity index (χ4v) is 12.5. The Hall–Kier alpha value is -6.16. The number of amides is 2. The number of fused-ring (bicyclic) bond motifs is 4. The van der Waals surface area contributed by atoms with Gasteiger partial charge in [0.1, 0.15) is 11.4 Å². The third kappa shape index (κ3) is 37.2. The van der Waals surface area contributed by atoms with E-state index in [-0.39, 0.29) is 42.6 Å². The van der Waals surface area contributed by atoms with E-state index in [0.717, 1.165) is 154 Å². The zero-order chi connectivity index (χ0) is 85.2. The molecule has 1 aromatic carbocycles. The molecule has 7 aromatic rings. The summed E-state index contributed by atoms with van der Waals surface area (Å²) in [4.78, 5) is 52.1. The number of pyridine rings is 1. The van der Waals surface area contributed by atoms with Crippen LogP contribution in [0.5, 0.6) is 0 Å². The molecule has 2 bridgehead atoms. The summed E-state index contributed by atoms with van der Waals surface area (Å²) in [6.45, 7) is 39.1. The van der Waals surface area contributed by atoms with Crippen molar-refractivity contribution in [2.45, 2.75) is 231 Å². The van der Waals surface area contributed by atoms with Gasteiger partial charge in [-0.3, -0.25) is 38.0 Å². The standard InChI is InChI=1S/C25H25FN4O2.C14H24BrN3O2.C9H16BrN3.C9H17N3.C8H13BrN2.C5H5BrO.C4H11N.C2H5B2O3.CH5N.BHNS/c1-14-18-6-7-22-21(18)10-16(12-27-22)24-15(2)28-30(8-9-31)23(24)13-29(3)25(32)19-5-4-17(26)11-20(14)19;1-7-8-18-11(12(15)10(2)16-18)9-17(6)13(19)20-14(3,4)5;1-4-5-13-8(6-11-3)9(10)7(2)12-13;1-4-5-12-9(7-10-3)6-8(2)11-12;1-3-4-11-8(6-9)5-7(2)10-11;1-2-3-5(7)4-6;1-2-3-4-5;1-3-7-6-2-4-5;1-2;1-2-3/h4-6,10-12,14,31H,7-9,13H2,1-3H3;7-9H2,1-6H3;11H,4-6H2,1-3H3;6,10H,4-5,7H2,1-3H3;5H,3-4,6H2,1-2H3;4H2,1H3;2-5H2,1H3;2H2,1H3;2H2,1H3;3H/t14-;;;;;;;;;/m0........./s1. The van der Waals surface area contributed by atoms with Gasteiger partial charge in [0.05, 0.1) is 97.5 Å². The first-order chi connectivity index (χ1) is 53.3. The van der Waals surface area contributed by atoms with E-state index in [0.29, 0.717) is 49.7 Å². The molecule has 9 rings (SSSR count). The predicted octanol–water partition coefficient (Wildman–Crippen LogP) is 14.4. The van der Waals surface area contributed by atoms with Crippen LogP contribution in [0.3, 0.4) is 0 Å². The number of hydrogen-bond donors (Lipinski definition) is 6. The van der Waals surface area contributed by atoms with Crippen LogP contribution in [0, 0.1) is 52.3 Å². The molecule has 0 saturated carbocycles. The maximum absolute atomic E-state index is 14.3. The van der Waals surface area contributed by atoms with Gasteiger partial charge < -0.3 is 41.7 Å². The molecule has 7 heterocycles. The first-order valence-electron chi connectivity index (χ1n) is 37.4. The molecule has 26 nitrogen and oxygen atoms in total. The summed E-state index contributed by atoms with van der Waals surface area (Å²) in [5, 5.41) is 39.4. The van der Waals surface area contributed by atoms with Gasteiger partial charge in [-0.2, -0.15) is 25.5 Å². The number of Topliss-reactive ketones (excluding diaryl/α,β-unsaturated/α-hetero) is 1. The Balaban J connectivity index is 0.00000134. The number of allylic oxidation sites excluding steroid dienone is 2. The number of carbonyl (C=O) groups is 3. The number of benzene rings is 1. The van der Waals surface area contributed by atoms with E-state index in [1.54, 1.807) is 48.4 Å². The van der Waals surface area contributed by atoms with Crippen LogP contribution >= 0.6 is 76.5 Å². The molecule has 7 N–H and O–H groups in total. The number of nitrogens with zero attached hydrogens (tertiary/aromatic N) is 14. The normalized spacial score (nSPS) is 11.9. The Labute approximate surface area is 707 Å². The number of nitrogens with two attached hydrogens (primary N) is 2. The Kier molecular flexibility index (Phi) is 56.2. The van der Waals surface area contributed by atoms with E-state index in [4.69, 9.17) is 15.5 Å². The summed E-state index contributed by atoms with van der Waals surface area (Å²) in [6.07, 6.45) is 11.1. The molecular weight excluding hydrogens is 1710 g/mol. The molecular formula is C77H122B3Br4FN18O8S. The predicted molar refractivity (Wildman–Crippen MR) is 468 cm³/mol. The zero-order valence-electron chi connectivity index (χ0n) is 69.8. The zero-order valence-corrected chi connectivity index (χ0v) is 77.1. The Morgan fingerprint density at radius 2 is 1.35 bits per heavy atom. The third-order valence-electron chi connectivity index (χ3n) is 15.7. The molecule has 112 heavy (non-hydrogen) atoms. The maximum atomic E-state index is 14.3. The average Bonchev–Trinajstić information content (AvgIpc) is 1.56. The van der Waals surface area contributed by atoms with E-state index < -0.39 is 5.60 Å². The number of halogens is 5. The second-order valence-electron chi connectivity index (χ2n) is 26.2. The fourth-order valence-electron chi connectivity index (χ4n) is 11.0. The molecule has 1 atom stereocenters. The molecule has 35 heteroatoms. The molecule has 0 saturated heterocycles. The molecule has 0 unspecified atom stereocenters. The summed E-state index contributed by atoms with van der Waals surface area (Å²) < 4.78 is 43.8. The van der Waals surface area contributed by atoms with Gasteiger partial charge in [0, 0.05) is 105 Å². The van der Waals surface area contributed by atoms with Crippen molar-refractivity contribution in [3.05, 3.63) is 143 Å². The number of thiol groups is 1. The van der Waals surface area contributed by atoms with Crippen molar-refractivity contribution >= 4 is 122 Å². The number of aryl methyl sites for hydroxylation is 9. The summed E-state index contributed by atoms with van der Waals surface area (Å²) >= 11 is 16.7. The second-order valence-corrected chi connectivity index (χ2v) is 29.1. The van der Waals surface area contributed by atoms with Crippen LogP contribution in [0.25, 0.3) is 16.7 Å². The molecule has 2 amide bonds. The van der Waals surface area contributed by atoms with Crippen LogP contribution in [0.15, 0.2) is 61.9 Å². The summed E-state index contributed by atoms with van der Waals surface area (Å²) in [5.41, 5.74) is 25.9. The van der Waals surface area contributed by atoms with Gasteiger partial charge in [0.25, 0.3) is 5.91 Å². The van der Waals surface area contributed by atoms with Crippen molar-refractivity contribution in [3.8, 4) is 23.0 Å². The number of aliphatic hydroxyl groups excluding tert-OH is 1. The number of unbranched alkanes of at least 4 members (excludes halogenated alkanes) is 1. The van der Waals surface area contributed by atoms with Crippen molar-refractivity contribution in [1.29, 1.82) is 0 Å². The number of carbonyl (C=O) groups excluding carboxylic acids is 3. The Morgan fingerprint density at radius 3 is 1.82 bits per heavy atom. The van der Waals surface area contributed by atoms with Crippen LogP contribution in [0.2, 0.25) is 6.82 Å². The first-order valence-corrected chi connectivity index (χ1v) is 41.6. The minimum atomic E-state index is -0.484. The molecule has 1 aliphatic heterocycles. The van der Waals surface area contributed by atoms with Crippen molar-refractivity contribution in [2.24, 2.45) is 15.8 Å². The molecule has 618 valence electrons. The van der Waals surface area contributed by atoms with Crippen molar-refractivity contribution in [1.82, 2.24) is 74.3 Å². The quantitative estimate of drug-likeness (QED) is 0.00478. The van der Waals surface area contributed by atoms with Crippen molar-refractivity contribution in [3.63, 3.8) is 0 Å². The average molecular weight is 1830 g/mol. The second kappa shape index (κ2) is 59.5. The van der Waals surface area contributed by atoms with Crippen LogP contribution < -0.4 is 22.1 Å². The van der Waals surface area contributed by atoms with E-state index in [1.807, 2.05) is 87.3 Å². The molecule has 6 aromatic heterocycles. The molecule has 2 aliphatic rings. The number of nitrogens with one attached hydrogen (secondary N) is 2. The van der Waals surface area contributed by atoms with Gasteiger partial charge >= 0.3 is 73.2 Å². The fraction of sp³-hybridized carbons (Fsp3) is 0.571. The van der Waals surface area contributed by atoms with Gasteiger partial charge in [-0.05, 0) is 207 Å². The number of ether oxygens (including phenoxy) is 1. The van der Waals surface area contributed by atoms with Crippen LogP contribution in [0.4, 0.5) is 9.18 Å². The molecule has 0 fully saturated rings. The van der Waals surface area contributed by atoms with Crippen molar-refractivity contribution < 1.29 is 43.0 Å². The Morgan fingerprint density at radius 1 is 0.812 bits per heavy atom. The summed E-state index contributed by atoms with van der Waals surface area (Å²) in [7, 11) is 15.2. The minimum absolute atomic E-state index is 0.00958. The van der Waals surface area contributed by atoms with E-state index in [9.17, 15) is 28.6 Å². The number of aliphatic hydroxyl groups is 1. The number of rotatable bonds is 24.